The smallest absolute Gasteiger partial charge is 0.227 e. The minimum atomic E-state index is -3.19. The molecule has 1 fully saturated rings. The molecule has 1 aromatic rings. The molecule has 1 saturated heterocycles. The molecule has 1 amide bonds. The van der Waals surface area contributed by atoms with Crippen molar-refractivity contribution in [2.75, 3.05) is 25.9 Å². The molecule has 1 aromatic carbocycles. The van der Waals surface area contributed by atoms with Crippen LogP contribution in [0.25, 0.3) is 0 Å². The first kappa shape index (κ1) is 21.4. The first-order valence-corrected chi connectivity index (χ1v) is 10.6. The van der Waals surface area contributed by atoms with Gasteiger partial charge in [-0.25, -0.2) is 8.42 Å². The quantitative estimate of drug-likeness (QED) is 0.813. The highest BCUT2D eigenvalue weighted by atomic mass is 32.2. The van der Waals surface area contributed by atoms with Crippen LogP contribution in [0.15, 0.2) is 41.8 Å². The summed E-state index contributed by atoms with van der Waals surface area (Å²) in [6.45, 7) is 9.88. The molecule has 5 nitrogen and oxygen atoms in total. The first-order chi connectivity index (χ1) is 11.8. The second-order valence-corrected chi connectivity index (χ2v) is 8.18. The van der Waals surface area contributed by atoms with Gasteiger partial charge in [-0.2, -0.15) is 0 Å². The summed E-state index contributed by atoms with van der Waals surface area (Å²) in [4.78, 5) is 14.7. The second-order valence-electron chi connectivity index (χ2n) is 6.16. The lowest BCUT2D eigenvalue weighted by molar-refractivity contribution is -0.133. The molecule has 0 aromatic heterocycles. The molecule has 0 atom stereocenters. The monoisotopic (exact) mass is 366 g/mol. The van der Waals surface area contributed by atoms with Gasteiger partial charge in [-0.05, 0) is 57.5 Å². The zero-order valence-electron chi connectivity index (χ0n) is 15.5. The van der Waals surface area contributed by atoms with Gasteiger partial charge in [0.15, 0.2) is 9.84 Å². The predicted octanol–water partition coefficient (Wildman–Crippen LogP) is 2.43. The van der Waals surface area contributed by atoms with E-state index in [2.05, 4.69) is 11.9 Å². The fraction of sp³-hybridized carbons (Fsp3) is 0.526. The van der Waals surface area contributed by atoms with Gasteiger partial charge in [0.1, 0.15) is 0 Å². The van der Waals surface area contributed by atoms with E-state index in [-0.39, 0.29) is 10.8 Å². The highest BCUT2D eigenvalue weighted by molar-refractivity contribution is 7.90. The van der Waals surface area contributed by atoms with Crippen molar-refractivity contribution in [2.45, 2.75) is 44.0 Å². The average molecular weight is 367 g/mol. The Kier molecular flexibility index (Phi) is 8.86. The number of benzene rings is 1. The Morgan fingerprint density at radius 1 is 1.28 bits per heavy atom. The van der Waals surface area contributed by atoms with Crippen molar-refractivity contribution < 1.29 is 13.2 Å². The van der Waals surface area contributed by atoms with Gasteiger partial charge < -0.3 is 10.2 Å². The highest BCUT2D eigenvalue weighted by Gasteiger charge is 2.23. The van der Waals surface area contributed by atoms with E-state index < -0.39 is 9.84 Å². The molecule has 1 heterocycles. The van der Waals surface area contributed by atoms with Crippen LogP contribution >= 0.6 is 0 Å². The molecule has 6 heteroatoms. The Labute approximate surface area is 152 Å². The van der Waals surface area contributed by atoms with Crippen LogP contribution in [0.1, 0.15) is 32.3 Å². The number of amides is 1. The lowest BCUT2D eigenvalue weighted by Gasteiger charge is -2.34. The summed E-state index contributed by atoms with van der Waals surface area (Å²) in [5, 5.41) is 3.31. The van der Waals surface area contributed by atoms with E-state index in [4.69, 9.17) is 0 Å². The minimum Gasteiger partial charge on any atom is -0.340 e. The van der Waals surface area contributed by atoms with Crippen molar-refractivity contribution in [3.63, 3.8) is 0 Å². The number of carbonyl (C=O) groups excluding carboxylic acids is 1. The van der Waals surface area contributed by atoms with E-state index in [0.717, 1.165) is 31.5 Å². The molecule has 1 aliphatic heterocycles. The van der Waals surface area contributed by atoms with Gasteiger partial charge in [0, 0.05) is 18.8 Å². The molecule has 25 heavy (non-hydrogen) atoms. The van der Waals surface area contributed by atoms with Crippen molar-refractivity contribution in [2.24, 2.45) is 0 Å². The lowest BCUT2D eigenvalue weighted by atomic mass is 10.0. The van der Waals surface area contributed by atoms with Crippen LogP contribution in [0.4, 0.5) is 0 Å². The van der Waals surface area contributed by atoms with Crippen molar-refractivity contribution in [3.05, 3.63) is 42.5 Å². The van der Waals surface area contributed by atoms with Crippen LogP contribution in [0, 0.1) is 0 Å². The Hall–Kier alpha value is -1.66. The predicted molar refractivity (Wildman–Crippen MR) is 102 cm³/mol. The SMILES string of the molecule is C=CC.CCN(C(=O)Cc1ccc(S(C)(=O)=O)cc1)C1CCNCC1. The first-order valence-electron chi connectivity index (χ1n) is 8.69. The van der Waals surface area contributed by atoms with Crippen LogP contribution in [0.3, 0.4) is 0 Å². The van der Waals surface area contributed by atoms with Gasteiger partial charge in [-0.15, -0.1) is 6.58 Å². The number of carbonyl (C=O) groups is 1. The van der Waals surface area contributed by atoms with E-state index in [1.807, 2.05) is 18.7 Å². The van der Waals surface area contributed by atoms with Crippen molar-refractivity contribution in [3.8, 4) is 0 Å². The maximum Gasteiger partial charge on any atom is 0.227 e. The average Bonchev–Trinajstić information content (AvgIpc) is 2.57. The Balaban J connectivity index is 0.000000970. The van der Waals surface area contributed by atoms with E-state index >= 15 is 0 Å². The summed E-state index contributed by atoms with van der Waals surface area (Å²) in [6.07, 6.45) is 5.24. The Morgan fingerprint density at radius 3 is 2.24 bits per heavy atom. The molecule has 140 valence electrons. The zero-order chi connectivity index (χ0) is 18.9. The van der Waals surface area contributed by atoms with Crippen molar-refractivity contribution in [1.29, 1.82) is 0 Å². The molecular formula is C19H30N2O3S. The molecule has 0 saturated carbocycles. The number of likely N-dealkylation sites (N-methyl/N-ethyl adjacent to an activating group) is 1. The number of piperidine rings is 1. The minimum absolute atomic E-state index is 0.113. The summed E-state index contributed by atoms with van der Waals surface area (Å²) in [5.74, 6) is 0.113. The molecular weight excluding hydrogens is 336 g/mol. The summed E-state index contributed by atoms with van der Waals surface area (Å²) >= 11 is 0. The second kappa shape index (κ2) is 10.4. The van der Waals surface area contributed by atoms with Gasteiger partial charge in [0.25, 0.3) is 0 Å². The Bertz CT molecular complexity index is 648. The topological polar surface area (TPSA) is 66.5 Å². The summed E-state index contributed by atoms with van der Waals surface area (Å²) < 4.78 is 22.9. The third-order valence-corrected chi connectivity index (χ3v) is 5.25. The van der Waals surface area contributed by atoms with Gasteiger partial charge in [-0.3, -0.25) is 4.79 Å². The molecule has 2 rings (SSSR count). The molecule has 0 spiro atoms. The number of nitrogens with one attached hydrogen (secondary N) is 1. The lowest BCUT2D eigenvalue weighted by Crippen LogP contribution is -2.46. The van der Waals surface area contributed by atoms with Crippen LogP contribution in [-0.4, -0.2) is 51.2 Å². The maximum atomic E-state index is 12.5. The summed E-state index contributed by atoms with van der Waals surface area (Å²) in [7, 11) is -3.19. The third-order valence-electron chi connectivity index (χ3n) is 4.12. The number of hydrogen-bond acceptors (Lipinski definition) is 4. The molecule has 0 radical (unpaired) electrons. The normalized spacial score (nSPS) is 15.0. The fourth-order valence-corrected chi connectivity index (χ4v) is 3.52. The van der Waals surface area contributed by atoms with Crippen LogP contribution in [0.5, 0.6) is 0 Å². The largest absolute Gasteiger partial charge is 0.340 e. The number of rotatable bonds is 5. The number of nitrogens with zero attached hydrogens (tertiary/aromatic N) is 1. The van der Waals surface area contributed by atoms with Crippen LogP contribution in [-0.2, 0) is 21.1 Å². The van der Waals surface area contributed by atoms with Gasteiger partial charge in [-0.1, -0.05) is 18.2 Å². The maximum absolute atomic E-state index is 12.5. The number of allylic oxidation sites excluding steroid dienone is 1. The Morgan fingerprint density at radius 2 is 1.80 bits per heavy atom. The molecule has 1 N–H and O–H groups in total. The van der Waals surface area contributed by atoms with E-state index in [1.165, 1.54) is 6.26 Å². The van der Waals surface area contributed by atoms with E-state index in [0.29, 0.717) is 19.0 Å². The van der Waals surface area contributed by atoms with Gasteiger partial charge in [0.05, 0.1) is 11.3 Å². The standard InChI is InChI=1S/C16H24N2O3S.C3H6/c1-3-18(14-8-10-17-11-9-14)16(19)12-13-4-6-15(7-5-13)22(2,20)21;1-3-2/h4-7,14,17H,3,8-12H2,1-2H3;3H,1H2,2H3. The van der Waals surface area contributed by atoms with E-state index in [1.54, 1.807) is 30.3 Å². The van der Waals surface area contributed by atoms with Crippen LogP contribution in [0.2, 0.25) is 0 Å². The van der Waals surface area contributed by atoms with Gasteiger partial charge >= 0.3 is 0 Å². The number of sulfone groups is 1. The third kappa shape index (κ3) is 7.00. The van der Waals surface area contributed by atoms with Gasteiger partial charge in [0.2, 0.25) is 5.91 Å². The molecule has 0 bridgehead atoms. The summed E-state index contributed by atoms with van der Waals surface area (Å²) in [6, 6.07) is 6.90. The molecule has 0 unspecified atom stereocenters. The van der Waals surface area contributed by atoms with Crippen LogP contribution < -0.4 is 5.32 Å². The zero-order valence-corrected chi connectivity index (χ0v) is 16.3. The highest BCUT2D eigenvalue weighted by Crippen LogP contribution is 2.15. The summed E-state index contributed by atoms with van der Waals surface area (Å²) in [5.41, 5.74) is 0.852. The fourth-order valence-electron chi connectivity index (χ4n) is 2.89. The van der Waals surface area contributed by atoms with Crippen molar-refractivity contribution >= 4 is 15.7 Å². The number of hydrogen-bond donors (Lipinski definition) is 1. The molecule has 1 aliphatic rings. The van der Waals surface area contributed by atoms with E-state index in [9.17, 15) is 13.2 Å². The van der Waals surface area contributed by atoms with Crippen molar-refractivity contribution in [1.82, 2.24) is 10.2 Å². The molecule has 0 aliphatic carbocycles.